The van der Waals surface area contributed by atoms with E-state index in [0.29, 0.717) is 18.3 Å². The van der Waals surface area contributed by atoms with Gasteiger partial charge in [0.15, 0.2) is 17.4 Å². The van der Waals surface area contributed by atoms with Crippen LogP contribution in [0.1, 0.15) is 60.5 Å². The number of halogens is 3. The second kappa shape index (κ2) is 15.2. The number of phenols is 1. The molecule has 3 aromatic heterocycles. The number of aromatic nitrogens is 4. The van der Waals surface area contributed by atoms with Gasteiger partial charge in [-0.15, -0.1) is 0 Å². The number of amides is 4. The normalized spacial score (nSPS) is 19.7. The lowest BCUT2D eigenvalue weighted by Gasteiger charge is -2.36. The number of urea groups is 1. The lowest BCUT2D eigenvalue weighted by molar-refractivity contribution is -0.120. The molecule has 1 aliphatic carbocycles. The van der Waals surface area contributed by atoms with Crippen molar-refractivity contribution in [3.8, 4) is 5.75 Å². The third-order valence-electron chi connectivity index (χ3n) is 11.2. The first kappa shape index (κ1) is 36.3. The second-order valence-electron chi connectivity index (χ2n) is 14.7. The number of nitrogens with zero attached hydrogens (tertiary/aromatic N) is 7. The van der Waals surface area contributed by atoms with Crippen molar-refractivity contribution in [3.05, 3.63) is 83.6 Å². The van der Waals surface area contributed by atoms with E-state index < -0.39 is 40.7 Å². The number of anilines is 2. The van der Waals surface area contributed by atoms with Crippen molar-refractivity contribution >= 4 is 45.6 Å². The molecule has 4 amide bonds. The molecule has 2 aromatic carbocycles. The number of benzene rings is 2. The van der Waals surface area contributed by atoms with Crippen LogP contribution in [0.2, 0.25) is 0 Å². The van der Waals surface area contributed by atoms with Crippen LogP contribution in [0.5, 0.6) is 5.75 Å². The van der Waals surface area contributed by atoms with Gasteiger partial charge < -0.3 is 15.3 Å². The lowest BCUT2D eigenvalue weighted by atomic mass is 9.86. The largest absolute Gasteiger partial charge is 0.503 e. The topological polar surface area (TPSA) is 140 Å². The number of aromatic hydroxyl groups is 1. The molecule has 16 heteroatoms. The summed E-state index contributed by atoms with van der Waals surface area (Å²) in [4.78, 5) is 42.8. The molecule has 0 unspecified atom stereocenters. The maximum Gasteiger partial charge on any atom is 0.328 e. The van der Waals surface area contributed by atoms with Crippen LogP contribution < -0.4 is 20.4 Å². The molecule has 2 saturated heterocycles. The van der Waals surface area contributed by atoms with Crippen molar-refractivity contribution in [1.82, 2.24) is 34.9 Å². The number of pyridine rings is 1. The highest BCUT2D eigenvalue weighted by Crippen LogP contribution is 2.34. The van der Waals surface area contributed by atoms with Crippen molar-refractivity contribution in [3.63, 3.8) is 0 Å². The number of hydrogen-bond donors (Lipinski definition) is 3. The van der Waals surface area contributed by atoms with E-state index >= 15 is 0 Å². The first-order valence-corrected chi connectivity index (χ1v) is 18.8. The minimum absolute atomic E-state index is 0.136. The number of imide groups is 1. The number of carbonyl (C=O) groups excluding carboxylic acids is 3. The molecular weight excluding hydrogens is 715 g/mol. The summed E-state index contributed by atoms with van der Waals surface area (Å²) in [6.07, 6.45) is 11.3. The summed E-state index contributed by atoms with van der Waals surface area (Å²) in [6.45, 7) is 5.37. The van der Waals surface area contributed by atoms with Gasteiger partial charge in [0, 0.05) is 69.2 Å². The number of hydrogen-bond acceptors (Lipinski definition) is 8. The lowest BCUT2D eigenvalue weighted by Crippen LogP contribution is -2.49. The summed E-state index contributed by atoms with van der Waals surface area (Å²) in [6, 6.07) is 10.8. The zero-order chi connectivity index (χ0) is 38.2. The van der Waals surface area contributed by atoms with Crippen molar-refractivity contribution < 1.29 is 32.7 Å². The minimum Gasteiger partial charge on any atom is -0.503 e. The molecule has 5 heterocycles. The smallest absolute Gasteiger partial charge is 0.328 e. The van der Waals surface area contributed by atoms with Gasteiger partial charge in [-0.1, -0.05) is 6.07 Å². The van der Waals surface area contributed by atoms with E-state index in [0.717, 1.165) is 93.4 Å². The average molecular weight is 758 g/mol. The number of carbonyl (C=O) groups is 3. The van der Waals surface area contributed by atoms with Crippen LogP contribution in [0, 0.1) is 23.4 Å². The molecule has 0 bridgehead atoms. The van der Waals surface area contributed by atoms with Crippen molar-refractivity contribution in [1.29, 1.82) is 0 Å². The Balaban J connectivity index is 0.785. The van der Waals surface area contributed by atoms with Gasteiger partial charge in [-0.2, -0.15) is 14.6 Å². The van der Waals surface area contributed by atoms with E-state index in [1.165, 1.54) is 5.56 Å². The van der Waals surface area contributed by atoms with Crippen molar-refractivity contribution in [2.45, 2.75) is 51.0 Å². The summed E-state index contributed by atoms with van der Waals surface area (Å²) in [7, 11) is 0. The molecule has 288 valence electrons. The SMILES string of the molecule is O=C1CCN(c2cnn3cc(CCCN4CCN(c5ccc6cn([C@H]7CC[C@H](CNC(=O)c8cc(F)c(O)c(F)c8F)CC7)nc6c5)CC4)ccc23)C(=O)N1. The highest BCUT2D eigenvalue weighted by molar-refractivity contribution is 6.07. The van der Waals surface area contributed by atoms with Gasteiger partial charge in [-0.25, -0.2) is 18.1 Å². The zero-order valence-electron chi connectivity index (χ0n) is 30.2. The van der Waals surface area contributed by atoms with Crippen molar-refractivity contribution in [2.75, 3.05) is 55.6 Å². The summed E-state index contributed by atoms with van der Waals surface area (Å²) in [5, 5.41) is 24.7. The first-order chi connectivity index (χ1) is 26.6. The third-order valence-corrected chi connectivity index (χ3v) is 11.2. The van der Waals surface area contributed by atoms with Crippen LogP contribution in [-0.4, -0.2) is 93.1 Å². The maximum atomic E-state index is 14.1. The molecule has 0 atom stereocenters. The Kier molecular flexibility index (Phi) is 10.1. The molecule has 3 fully saturated rings. The van der Waals surface area contributed by atoms with Gasteiger partial charge >= 0.3 is 6.03 Å². The molecule has 8 rings (SSSR count). The first-order valence-electron chi connectivity index (χ1n) is 18.8. The van der Waals surface area contributed by atoms with E-state index in [1.807, 2.05) is 16.9 Å². The van der Waals surface area contributed by atoms with Gasteiger partial charge in [0.1, 0.15) is 0 Å². The van der Waals surface area contributed by atoms with Gasteiger partial charge in [0.05, 0.1) is 34.5 Å². The van der Waals surface area contributed by atoms with Crippen LogP contribution in [0.25, 0.3) is 16.4 Å². The monoisotopic (exact) mass is 757 g/mol. The quantitative estimate of drug-likeness (QED) is 0.166. The number of fused-ring (bicyclic) bond motifs is 2. The average Bonchev–Trinajstić information content (AvgIpc) is 3.82. The van der Waals surface area contributed by atoms with Gasteiger partial charge in [-0.05, 0) is 86.9 Å². The van der Waals surface area contributed by atoms with Gasteiger partial charge in [-0.3, -0.25) is 29.4 Å². The van der Waals surface area contributed by atoms with Crippen LogP contribution in [0.15, 0.2) is 55.0 Å². The second-order valence-corrected chi connectivity index (χ2v) is 14.7. The number of nitrogens with one attached hydrogen (secondary N) is 2. The predicted molar refractivity (Wildman–Crippen MR) is 199 cm³/mol. The zero-order valence-corrected chi connectivity index (χ0v) is 30.2. The van der Waals surface area contributed by atoms with Gasteiger partial charge in [0.25, 0.3) is 5.91 Å². The van der Waals surface area contributed by atoms with E-state index in [9.17, 15) is 32.7 Å². The Hall–Kier alpha value is -5.64. The van der Waals surface area contributed by atoms with Gasteiger partial charge in [0.2, 0.25) is 11.7 Å². The number of piperazine rings is 1. The van der Waals surface area contributed by atoms with Crippen LogP contribution in [0.3, 0.4) is 0 Å². The molecule has 13 nitrogen and oxygen atoms in total. The summed E-state index contributed by atoms with van der Waals surface area (Å²) < 4.78 is 45.3. The molecular formula is C39H42F3N9O4. The van der Waals surface area contributed by atoms with Crippen molar-refractivity contribution in [2.24, 2.45) is 5.92 Å². The van der Waals surface area contributed by atoms with Crippen LogP contribution in [0.4, 0.5) is 29.3 Å². The molecule has 0 radical (unpaired) electrons. The predicted octanol–water partition coefficient (Wildman–Crippen LogP) is 5.17. The molecule has 0 spiro atoms. The fraction of sp³-hybridized carbons (Fsp3) is 0.410. The highest BCUT2D eigenvalue weighted by Gasteiger charge is 2.28. The summed E-state index contributed by atoms with van der Waals surface area (Å²) >= 11 is 0. The standard InChI is InChI=1S/C39H42F3N9O4/c40-30-19-29(35(41)36(42)37(30)53)38(54)43-20-24-3-7-27(8-4-24)50-23-26-6-9-28(18-31(26)46-50)48-16-14-47(15-17-48)12-1-2-25-5-10-32-33(21-44-51(32)22-25)49-13-11-34(52)45-39(49)55/h5-6,9-10,18-19,21-24,27,53H,1-4,7-8,11-17,20H2,(H,43,54)(H,45,52,55)/t24-,27-. The Labute approximate surface area is 314 Å². The molecule has 2 aliphatic heterocycles. The molecule has 3 aliphatic rings. The molecule has 55 heavy (non-hydrogen) atoms. The molecule has 1 saturated carbocycles. The van der Waals surface area contributed by atoms with E-state index in [1.54, 1.807) is 15.6 Å². The Morgan fingerprint density at radius 3 is 2.53 bits per heavy atom. The number of rotatable bonds is 10. The summed E-state index contributed by atoms with van der Waals surface area (Å²) in [5.41, 5.74) is 4.02. The van der Waals surface area contributed by atoms with E-state index in [4.69, 9.17) is 5.10 Å². The maximum absolute atomic E-state index is 14.1. The number of aryl methyl sites for hydroxylation is 1. The van der Waals surface area contributed by atoms with Crippen LogP contribution >= 0.6 is 0 Å². The summed E-state index contributed by atoms with van der Waals surface area (Å²) in [5.74, 6) is -7.22. The van der Waals surface area contributed by atoms with E-state index in [2.05, 4.69) is 56.0 Å². The molecule has 5 aromatic rings. The van der Waals surface area contributed by atoms with Crippen LogP contribution in [-0.2, 0) is 11.2 Å². The minimum atomic E-state index is -1.78. The fourth-order valence-corrected chi connectivity index (χ4v) is 8.00. The Bertz CT molecular complexity index is 2260. The highest BCUT2D eigenvalue weighted by atomic mass is 19.2. The molecule has 3 N–H and O–H groups in total. The van der Waals surface area contributed by atoms with E-state index in [-0.39, 0.29) is 30.8 Å². The fourth-order valence-electron chi connectivity index (χ4n) is 8.00. The Morgan fingerprint density at radius 2 is 1.75 bits per heavy atom. The Morgan fingerprint density at radius 1 is 0.945 bits per heavy atom. The third kappa shape index (κ3) is 7.55. The number of phenolic OH excluding ortho intramolecular Hbond substituents is 1.